The molecule has 116 valence electrons. The molecule has 0 aromatic rings. The van der Waals surface area contributed by atoms with Crippen LogP contribution in [0.2, 0.25) is 0 Å². The minimum absolute atomic E-state index is 0.188. The van der Waals surface area contributed by atoms with Crippen molar-refractivity contribution in [3.8, 4) is 0 Å². The van der Waals surface area contributed by atoms with Gasteiger partial charge in [-0.15, -0.1) is 0 Å². The maximum Gasteiger partial charge on any atom is 0.410 e. The molecule has 2 heterocycles. The van der Waals surface area contributed by atoms with Crippen molar-refractivity contribution in [3.05, 3.63) is 0 Å². The van der Waals surface area contributed by atoms with Gasteiger partial charge in [-0.1, -0.05) is 6.92 Å². The second-order valence-electron chi connectivity index (χ2n) is 7.38. The molecule has 20 heavy (non-hydrogen) atoms. The maximum atomic E-state index is 11.9. The number of carbonyl (C=O) groups is 1. The Labute approximate surface area is 122 Å². The molecule has 5 nitrogen and oxygen atoms in total. The lowest BCUT2D eigenvalue weighted by Gasteiger charge is -2.44. The topological polar surface area (TPSA) is 44.8 Å². The van der Waals surface area contributed by atoms with Crippen LogP contribution in [-0.4, -0.2) is 66.8 Å². The van der Waals surface area contributed by atoms with Gasteiger partial charge in [-0.25, -0.2) is 4.79 Å². The average molecular weight is 283 g/mol. The Morgan fingerprint density at radius 2 is 1.90 bits per heavy atom. The summed E-state index contributed by atoms with van der Waals surface area (Å²) in [4.78, 5) is 16.0. The van der Waals surface area contributed by atoms with Crippen molar-refractivity contribution in [1.82, 2.24) is 15.1 Å². The van der Waals surface area contributed by atoms with E-state index in [9.17, 15) is 4.79 Å². The molecule has 0 aromatic heterocycles. The van der Waals surface area contributed by atoms with Gasteiger partial charge in [0.25, 0.3) is 0 Å². The van der Waals surface area contributed by atoms with Crippen LogP contribution in [0, 0.1) is 5.92 Å². The Hall–Kier alpha value is -0.810. The van der Waals surface area contributed by atoms with Gasteiger partial charge in [0, 0.05) is 31.7 Å². The predicted octanol–water partition coefficient (Wildman–Crippen LogP) is 1.54. The third-order valence-electron chi connectivity index (χ3n) is 4.09. The van der Waals surface area contributed by atoms with Gasteiger partial charge in [-0.2, -0.15) is 0 Å². The molecule has 2 rings (SSSR count). The van der Waals surface area contributed by atoms with Crippen LogP contribution in [0.4, 0.5) is 4.79 Å². The second-order valence-corrected chi connectivity index (χ2v) is 7.38. The summed E-state index contributed by atoms with van der Waals surface area (Å²) in [7, 11) is 2.18. The third kappa shape index (κ3) is 4.09. The molecular formula is C15H29N3O2. The molecule has 1 amide bonds. The van der Waals surface area contributed by atoms with Crippen LogP contribution in [0.15, 0.2) is 0 Å². The number of rotatable bonds is 2. The Balaban J connectivity index is 1.70. The largest absolute Gasteiger partial charge is 0.444 e. The van der Waals surface area contributed by atoms with E-state index in [1.165, 1.54) is 6.42 Å². The molecule has 2 atom stereocenters. The first-order chi connectivity index (χ1) is 9.24. The summed E-state index contributed by atoms with van der Waals surface area (Å²) in [6, 6.07) is 1.01. The Kier molecular flexibility index (Phi) is 4.59. The lowest BCUT2D eigenvalue weighted by molar-refractivity contribution is 0.00209. The summed E-state index contributed by atoms with van der Waals surface area (Å²) in [6.07, 6.45) is 1.01. The van der Waals surface area contributed by atoms with E-state index in [1.807, 2.05) is 20.8 Å². The third-order valence-corrected chi connectivity index (χ3v) is 4.09. The van der Waals surface area contributed by atoms with Crippen molar-refractivity contribution in [3.63, 3.8) is 0 Å². The molecule has 2 unspecified atom stereocenters. The fourth-order valence-electron chi connectivity index (χ4n) is 2.96. The zero-order valence-electron chi connectivity index (χ0n) is 13.5. The number of likely N-dealkylation sites (tertiary alicyclic amines) is 2. The summed E-state index contributed by atoms with van der Waals surface area (Å²) in [6.45, 7) is 11.9. The van der Waals surface area contributed by atoms with Gasteiger partial charge in [0.2, 0.25) is 0 Å². The van der Waals surface area contributed by atoms with E-state index in [0.29, 0.717) is 18.0 Å². The maximum absolute atomic E-state index is 11.9. The molecule has 5 heteroatoms. The number of carbonyl (C=O) groups excluding carboxylic acids is 1. The molecular weight excluding hydrogens is 254 g/mol. The number of amides is 1. The van der Waals surface area contributed by atoms with Crippen molar-refractivity contribution in [1.29, 1.82) is 0 Å². The van der Waals surface area contributed by atoms with Crippen molar-refractivity contribution in [2.75, 3.05) is 33.2 Å². The highest BCUT2D eigenvalue weighted by Gasteiger charge is 2.36. The highest BCUT2D eigenvalue weighted by atomic mass is 16.6. The standard InChI is InChI=1S/C15H29N3O2/c1-11-8-17(5)7-6-13(11)16-12-9-18(10-12)14(19)20-15(2,3)4/h11-13,16H,6-10H2,1-5H3. The Bertz CT molecular complexity index is 348. The van der Waals surface area contributed by atoms with Gasteiger partial charge < -0.3 is 19.9 Å². The fourth-order valence-corrected chi connectivity index (χ4v) is 2.96. The number of hydrogen-bond donors (Lipinski definition) is 1. The number of ether oxygens (including phenoxy) is 1. The van der Waals surface area contributed by atoms with Crippen LogP contribution in [-0.2, 0) is 4.74 Å². The Morgan fingerprint density at radius 1 is 1.25 bits per heavy atom. The average Bonchev–Trinajstić information content (AvgIpc) is 2.22. The van der Waals surface area contributed by atoms with Crippen LogP contribution >= 0.6 is 0 Å². The monoisotopic (exact) mass is 283 g/mol. The molecule has 0 spiro atoms. The number of piperidine rings is 1. The van der Waals surface area contributed by atoms with Crippen molar-refractivity contribution in [2.45, 2.75) is 51.8 Å². The Morgan fingerprint density at radius 3 is 2.45 bits per heavy atom. The second kappa shape index (κ2) is 5.90. The molecule has 0 saturated carbocycles. The summed E-state index contributed by atoms with van der Waals surface area (Å²) >= 11 is 0. The van der Waals surface area contributed by atoms with Gasteiger partial charge in [-0.05, 0) is 46.7 Å². The quantitative estimate of drug-likeness (QED) is 0.835. The molecule has 0 aliphatic carbocycles. The number of hydrogen-bond acceptors (Lipinski definition) is 4. The van der Waals surface area contributed by atoms with Gasteiger partial charge in [-0.3, -0.25) is 0 Å². The molecule has 1 N–H and O–H groups in total. The molecule has 0 bridgehead atoms. The van der Waals surface area contributed by atoms with E-state index >= 15 is 0 Å². The zero-order chi connectivity index (χ0) is 14.9. The summed E-state index contributed by atoms with van der Waals surface area (Å²) in [5, 5.41) is 3.70. The molecule has 2 fully saturated rings. The first-order valence-corrected chi connectivity index (χ1v) is 7.67. The van der Waals surface area contributed by atoms with Crippen LogP contribution in [0.25, 0.3) is 0 Å². The lowest BCUT2D eigenvalue weighted by atomic mass is 9.92. The SMILES string of the molecule is CC1CN(C)CCC1NC1CN(C(=O)OC(C)(C)C)C1. The van der Waals surface area contributed by atoms with E-state index < -0.39 is 5.60 Å². The normalized spacial score (nSPS) is 29.1. The highest BCUT2D eigenvalue weighted by Crippen LogP contribution is 2.20. The fraction of sp³-hybridized carbons (Fsp3) is 0.933. The predicted molar refractivity (Wildman–Crippen MR) is 79.8 cm³/mol. The zero-order valence-corrected chi connectivity index (χ0v) is 13.5. The molecule has 2 saturated heterocycles. The van der Waals surface area contributed by atoms with E-state index in [2.05, 4.69) is 24.2 Å². The van der Waals surface area contributed by atoms with Crippen molar-refractivity contribution < 1.29 is 9.53 Å². The number of nitrogens with one attached hydrogen (secondary N) is 1. The van der Waals surface area contributed by atoms with Crippen LogP contribution in [0.1, 0.15) is 34.1 Å². The molecule has 2 aliphatic heterocycles. The van der Waals surface area contributed by atoms with Crippen LogP contribution in [0.5, 0.6) is 0 Å². The van der Waals surface area contributed by atoms with E-state index in [1.54, 1.807) is 4.90 Å². The van der Waals surface area contributed by atoms with Gasteiger partial charge in [0.15, 0.2) is 0 Å². The van der Waals surface area contributed by atoms with E-state index in [-0.39, 0.29) is 6.09 Å². The minimum Gasteiger partial charge on any atom is -0.444 e. The molecule has 0 radical (unpaired) electrons. The molecule has 2 aliphatic rings. The first-order valence-electron chi connectivity index (χ1n) is 7.67. The van der Waals surface area contributed by atoms with E-state index in [0.717, 1.165) is 26.2 Å². The summed E-state index contributed by atoms with van der Waals surface area (Å²) in [5.41, 5.74) is -0.405. The first kappa shape index (κ1) is 15.6. The van der Waals surface area contributed by atoms with Gasteiger partial charge in [0.05, 0.1) is 0 Å². The van der Waals surface area contributed by atoms with Crippen molar-refractivity contribution >= 4 is 6.09 Å². The number of nitrogens with zero attached hydrogens (tertiary/aromatic N) is 2. The highest BCUT2D eigenvalue weighted by molar-refractivity contribution is 5.69. The van der Waals surface area contributed by atoms with Crippen LogP contribution in [0.3, 0.4) is 0 Å². The van der Waals surface area contributed by atoms with Gasteiger partial charge >= 0.3 is 6.09 Å². The summed E-state index contributed by atoms with van der Waals surface area (Å²) < 4.78 is 5.37. The van der Waals surface area contributed by atoms with Gasteiger partial charge in [0.1, 0.15) is 5.60 Å². The van der Waals surface area contributed by atoms with Crippen molar-refractivity contribution in [2.24, 2.45) is 5.92 Å². The lowest BCUT2D eigenvalue weighted by Crippen LogP contribution is -2.64. The van der Waals surface area contributed by atoms with E-state index in [4.69, 9.17) is 4.74 Å². The summed E-state index contributed by atoms with van der Waals surface area (Å²) in [5.74, 6) is 0.671. The van der Waals surface area contributed by atoms with Crippen LogP contribution < -0.4 is 5.32 Å². The minimum atomic E-state index is -0.405. The molecule has 0 aromatic carbocycles. The smallest absolute Gasteiger partial charge is 0.410 e.